The van der Waals surface area contributed by atoms with Gasteiger partial charge in [-0.25, -0.2) is 0 Å². The molecule has 1 aliphatic heterocycles. The van der Waals surface area contributed by atoms with Crippen molar-refractivity contribution in [1.82, 2.24) is 4.90 Å². The highest BCUT2D eigenvalue weighted by molar-refractivity contribution is 9.10. The SMILES string of the molecule is CCOc1ccc(C(=O)Nc2ccc3c(c2Cl)CN(C)CC3(C)C)cc1Br. The lowest BCUT2D eigenvalue weighted by Crippen LogP contribution is -2.40. The summed E-state index contributed by atoms with van der Waals surface area (Å²) in [7, 11) is 2.09. The van der Waals surface area contributed by atoms with Gasteiger partial charge in [0.25, 0.3) is 5.91 Å². The quantitative estimate of drug-likeness (QED) is 0.669. The van der Waals surface area contributed by atoms with Crippen molar-refractivity contribution >= 4 is 39.1 Å². The maximum atomic E-state index is 12.7. The van der Waals surface area contributed by atoms with Crippen molar-refractivity contribution in [3.05, 3.63) is 56.5 Å². The van der Waals surface area contributed by atoms with Gasteiger partial charge < -0.3 is 15.0 Å². The molecule has 144 valence electrons. The third-order valence-electron chi connectivity index (χ3n) is 4.81. The Morgan fingerprint density at radius 1 is 1.33 bits per heavy atom. The Balaban J connectivity index is 1.87. The Morgan fingerprint density at radius 3 is 2.74 bits per heavy atom. The summed E-state index contributed by atoms with van der Waals surface area (Å²) in [5.74, 6) is 0.509. The smallest absolute Gasteiger partial charge is 0.255 e. The number of hydrogen-bond donors (Lipinski definition) is 1. The Bertz CT molecular complexity index is 883. The first-order valence-corrected chi connectivity index (χ1v) is 10.1. The monoisotopic (exact) mass is 450 g/mol. The molecule has 0 saturated heterocycles. The van der Waals surface area contributed by atoms with Crippen molar-refractivity contribution in [2.24, 2.45) is 0 Å². The molecule has 0 saturated carbocycles. The maximum absolute atomic E-state index is 12.7. The highest BCUT2D eigenvalue weighted by Gasteiger charge is 2.32. The topological polar surface area (TPSA) is 41.6 Å². The minimum atomic E-state index is -0.205. The lowest BCUT2D eigenvalue weighted by Gasteiger charge is -2.39. The predicted molar refractivity (Wildman–Crippen MR) is 114 cm³/mol. The van der Waals surface area contributed by atoms with Crippen LogP contribution in [0.1, 0.15) is 42.3 Å². The fourth-order valence-corrected chi connectivity index (χ4v) is 4.47. The molecule has 1 amide bonds. The molecule has 0 fully saturated rings. The third-order valence-corrected chi connectivity index (χ3v) is 5.86. The summed E-state index contributed by atoms with van der Waals surface area (Å²) in [4.78, 5) is 15.0. The zero-order valence-corrected chi connectivity index (χ0v) is 18.4. The molecule has 0 aromatic heterocycles. The average Bonchev–Trinajstić information content (AvgIpc) is 2.59. The van der Waals surface area contributed by atoms with E-state index in [1.165, 1.54) is 5.56 Å². The molecule has 0 spiro atoms. The molecule has 2 aromatic carbocycles. The third kappa shape index (κ3) is 4.15. The fraction of sp³-hybridized carbons (Fsp3) is 0.381. The molecule has 0 bridgehead atoms. The molecule has 27 heavy (non-hydrogen) atoms. The summed E-state index contributed by atoms with van der Waals surface area (Å²) >= 11 is 10.1. The molecule has 0 radical (unpaired) electrons. The van der Waals surface area contributed by atoms with Crippen LogP contribution in [-0.4, -0.2) is 31.0 Å². The largest absolute Gasteiger partial charge is 0.493 e. The van der Waals surface area contributed by atoms with E-state index in [0.717, 1.165) is 23.1 Å². The predicted octanol–water partition coefficient (Wildman–Crippen LogP) is 5.48. The summed E-state index contributed by atoms with van der Waals surface area (Å²) in [6.45, 7) is 8.67. The van der Waals surface area contributed by atoms with E-state index in [2.05, 4.69) is 53.1 Å². The molecule has 2 aromatic rings. The van der Waals surface area contributed by atoms with Crippen LogP contribution in [0.2, 0.25) is 5.02 Å². The molecule has 1 heterocycles. The Labute approximate surface area is 174 Å². The number of anilines is 1. The maximum Gasteiger partial charge on any atom is 0.255 e. The van der Waals surface area contributed by atoms with Gasteiger partial charge in [-0.05, 0) is 65.3 Å². The lowest BCUT2D eigenvalue weighted by molar-refractivity contribution is 0.102. The molecule has 0 atom stereocenters. The summed E-state index contributed by atoms with van der Waals surface area (Å²) in [5.41, 5.74) is 3.52. The molecular formula is C21H24BrClN2O2. The minimum Gasteiger partial charge on any atom is -0.493 e. The van der Waals surface area contributed by atoms with E-state index in [0.29, 0.717) is 28.6 Å². The number of fused-ring (bicyclic) bond motifs is 1. The number of likely N-dealkylation sites (N-methyl/N-ethyl adjacent to an activating group) is 1. The molecule has 0 aliphatic carbocycles. The number of nitrogens with zero attached hydrogens (tertiary/aromatic N) is 1. The second-order valence-electron chi connectivity index (χ2n) is 7.54. The number of hydrogen-bond acceptors (Lipinski definition) is 3. The van der Waals surface area contributed by atoms with Gasteiger partial charge in [-0.2, -0.15) is 0 Å². The number of carbonyl (C=O) groups excluding carboxylic acids is 1. The van der Waals surface area contributed by atoms with E-state index in [-0.39, 0.29) is 11.3 Å². The molecular weight excluding hydrogens is 428 g/mol. The highest BCUT2D eigenvalue weighted by Crippen LogP contribution is 2.39. The number of ether oxygens (including phenoxy) is 1. The molecule has 0 unspecified atom stereocenters. The van der Waals surface area contributed by atoms with Gasteiger partial charge in [-0.1, -0.05) is 31.5 Å². The van der Waals surface area contributed by atoms with Gasteiger partial charge in [0.2, 0.25) is 0 Å². The molecule has 1 N–H and O–H groups in total. The summed E-state index contributed by atoms with van der Waals surface area (Å²) < 4.78 is 6.24. The van der Waals surface area contributed by atoms with Crippen molar-refractivity contribution in [2.75, 3.05) is 25.5 Å². The molecule has 6 heteroatoms. The zero-order chi connectivity index (χ0) is 19.8. The van der Waals surface area contributed by atoms with Crippen LogP contribution in [0.4, 0.5) is 5.69 Å². The second kappa shape index (κ2) is 7.82. The van der Waals surface area contributed by atoms with E-state index in [1.54, 1.807) is 18.2 Å². The van der Waals surface area contributed by atoms with Crippen LogP contribution in [0, 0.1) is 0 Å². The van der Waals surface area contributed by atoms with Crippen LogP contribution >= 0.6 is 27.5 Å². The summed E-state index contributed by atoms with van der Waals surface area (Å²) in [5, 5.41) is 3.56. The van der Waals surface area contributed by atoms with E-state index in [4.69, 9.17) is 16.3 Å². The van der Waals surface area contributed by atoms with Crippen molar-refractivity contribution in [2.45, 2.75) is 32.7 Å². The Kier molecular flexibility index (Phi) is 5.84. The van der Waals surface area contributed by atoms with Crippen molar-refractivity contribution in [3.63, 3.8) is 0 Å². The van der Waals surface area contributed by atoms with Gasteiger partial charge in [-0.15, -0.1) is 0 Å². The molecule has 1 aliphatic rings. The van der Waals surface area contributed by atoms with Crippen LogP contribution in [0.5, 0.6) is 5.75 Å². The first kappa shape index (κ1) is 20.2. The minimum absolute atomic E-state index is 0.0223. The normalized spacial score (nSPS) is 15.9. The zero-order valence-electron chi connectivity index (χ0n) is 16.0. The second-order valence-corrected chi connectivity index (χ2v) is 8.77. The van der Waals surface area contributed by atoms with Gasteiger partial charge in [0.1, 0.15) is 5.75 Å². The van der Waals surface area contributed by atoms with E-state index in [1.807, 2.05) is 13.0 Å². The first-order valence-electron chi connectivity index (χ1n) is 8.97. The van der Waals surface area contributed by atoms with Crippen LogP contribution in [0.15, 0.2) is 34.8 Å². The van der Waals surface area contributed by atoms with Crippen molar-refractivity contribution in [3.8, 4) is 5.75 Å². The Morgan fingerprint density at radius 2 is 2.07 bits per heavy atom. The first-order chi connectivity index (χ1) is 12.7. The highest BCUT2D eigenvalue weighted by atomic mass is 79.9. The van der Waals surface area contributed by atoms with Crippen LogP contribution in [0.3, 0.4) is 0 Å². The van der Waals surface area contributed by atoms with E-state index >= 15 is 0 Å². The van der Waals surface area contributed by atoms with Gasteiger partial charge in [-0.3, -0.25) is 4.79 Å². The number of rotatable bonds is 4. The van der Waals surface area contributed by atoms with Crippen LogP contribution in [-0.2, 0) is 12.0 Å². The van der Waals surface area contributed by atoms with E-state index < -0.39 is 0 Å². The fourth-order valence-electron chi connectivity index (χ4n) is 3.70. The van der Waals surface area contributed by atoms with Crippen LogP contribution < -0.4 is 10.1 Å². The number of benzene rings is 2. The molecule has 4 nitrogen and oxygen atoms in total. The van der Waals surface area contributed by atoms with Gasteiger partial charge >= 0.3 is 0 Å². The molecule has 3 rings (SSSR count). The van der Waals surface area contributed by atoms with E-state index in [9.17, 15) is 4.79 Å². The van der Waals surface area contributed by atoms with Crippen molar-refractivity contribution < 1.29 is 9.53 Å². The number of halogens is 2. The summed E-state index contributed by atoms with van der Waals surface area (Å²) in [6.07, 6.45) is 0. The van der Waals surface area contributed by atoms with Gasteiger partial charge in [0.15, 0.2) is 0 Å². The standard InChI is InChI=1S/C21H24BrClN2O2/c1-5-27-18-9-6-13(10-16(18)22)20(26)24-17-8-7-15-14(19(17)23)11-25(4)12-21(15,2)3/h6-10H,5,11-12H2,1-4H3,(H,24,26). The number of carbonyl (C=O) groups is 1. The number of nitrogens with one attached hydrogen (secondary N) is 1. The average molecular weight is 452 g/mol. The Hall–Kier alpha value is -1.56. The lowest BCUT2D eigenvalue weighted by atomic mass is 9.78. The summed E-state index contributed by atoms with van der Waals surface area (Å²) in [6, 6.07) is 9.26. The van der Waals surface area contributed by atoms with Crippen LogP contribution in [0.25, 0.3) is 0 Å². The number of amides is 1. The van der Waals surface area contributed by atoms with Gasteiger partial charge in [0.05, 0.1) is 21.8 Å². The van der Waals surface area contributed by atoms with Crippen molar-refractivity contribution in [1.29, 1.82) is 0 Å². The van der Waals surface area contributed by atoms with Gasteiger partial charge in [0, 0.05) is 24.1 Å².